The van der Waals surface area contributed by atoms with E-state index in [1.54, 1.807) is 5.56 Å². The molecule has 1 saturated carbocycles. The first-order chi connectivity index (χ1) is 15.0. The van der Waals surface area contributed by atoms with Crippen LogP contribution in [0.1, 0.15) is 77.2 Å². The monoisotopic (exact) mass is 422 g/mol. The molecule has 2 saturated heterocycles. The molecule has 170 valence electrons. The largest absolute Gasteiger partial charge is 0.371 e. The Kier molecular flexibility index (Phi) is 7.12. The maximum atomic E-state index is 9.26. The van der Waals surface area contributed by atoms with Gasteiger partial charge in [-0.2, -0.15) is 5.26 Å². The number of anilines is 2. The Labute approximate surface area is 190 Å². The van der Waals surface area contributed by atoms with Crippen LogP contribution in [0.4, 0.5) is 11.4 Å². The first kappa shape index (κ1) is 22.5. The van der Waals surface area contributed by atoms with Gasteiger partial charge in [0.25, 0.3) is 0 Å². The van der Waals surface area contributed by atoms with Crippen molar-refractivity contribution in [2.75, 3.05) is 55.6 Å². The highest BCUT2D eigenvalue weighted by Gasteiger charge is 2.31. The van der Waals surface area contributed by atoms with Crippen molar-refractivity contribution in [2.45, 2.75) is 71.6 Å². The molecule has 0 radical (unpaired) electrons. The molecule has 1 aromatic rings. The molecule has 31 heavy (non-hydrogen) atoms. The second-order valence-electron chi connectivity index (χ2n) is 10.9. The zero-order chi connectivity index (χ0) is 21.8. The van der Waals surface area contributed by atoms with Gasteiger partial charge in [0, 0.05) is 56.6 Å². The first-order valence-electron chi connectivity index (χ1n) is 12.7. The Morgan fingerprint density at radius 3 is 2.23 bits per heavy atom. The molecule has 0 aromatic heterocycles. The molecule has 2 heterocycles. The summed E-state index contributed by atoms with van der Waals surface area (Å²) in [6, 6.07) is 9.79. The van der Waals surface area contributed by atoms with Gasteiger partial charge in [-0.3, -0.25) is 4.90 Å². The Hall–Kier alpha value is -1.73. The van der Waals surface area contributed by atoms with Crippen LogP contribution in [-0.4, -0.2) is 50.7 Å². The van der Waals surface area contributed by atoms with E-state index in [9.17, 15) is 5.26 Å². The lowest BCUT2D eigenvalue weighted by atomic mass is 9.71. The second-order valence-corrected chi connectivity index (χ2v) is 10.9. The number of nitriles is 1. The van der Waals surface area contributed by atoms with E-state index in [1.807, 2.05) is 0 Å². The summed E-state index contributed by atoms with van der Waals surface area (Å²) in [5, 5.41) is 9.26. The van der Waals surface area contributed by atoms with Crippen molar-refractivity contribution in [3.63, 3.8) is 0 Å². The lowest BCUT2D eigenvalue weighted by molar-refractivity contribution is 0.224. The summed E-state index contributed by atoms with van der Waals surface area (Å²) in [6.45, 7) is 15.1. The molecule has 1 aliphatic carbocycles. The van der Waals surface area contributed by atoms with Gasteiger partial charge in [-0.15, -0.1) is 0 Å². The van der Waals surface area contributed by atoms with Crippen molar-refractivity contribution in [1.29, 1.82) is 5.26 Å². The molecular formula is C27H42N4. The van der Waals surface area contributed by atoms with Crippen molar-refractivity contribution in [3.05, 3.63) is 23.8 Å². The van der Waals surface area contributed by atoms with E-state index < -0.39 is 0 Å². The molecule has 3 fully saturated rings. The molecule has 4 nitrogen and oxygen atoms in total. The van der Waals surface area contributed by atoms with Gasteiger partial charge in [-0.25, -0.2) is 0 Å². The van der Waals surface area contributed by atoms with Crippen molar-refractivity contribution in [2.24, 2.45) is 11.3 Å². The van der Waals surface area contributed by atoms with Gasteiger partial charge in [0.1, 0.15) is 0 Å². The normalized spacial score (nSPS) is 23.7. The minimum absolute atomic E-state index is 0.245. The van der Waals surface area contributed by atoms with Crippen molar-refractivity contribution in [3.8, 4) is 6.07 Å². The van der Waals surface area contributed by atoms with Gasteiger partial charge >= 0.3 is 0 Å². The number of rotatable bonds is 5. The number of piperidine rings is 1. The molecule has 2 aliphatic heterocycles. The predicted octanol–water partition coefficient (Wildman–Crippen LogP) is 5.64. The van der Waals surface area contributed by atoms with E-state index in [0.29, 0.717) is 11.3 Å². The fourth-order valence-corrected chi connectivity index (χ4v) is 5.86. The summed E-state index contributed by atoms with van der Waals surface area (Å²) in [5.41, 5.74) is 4.97. The average molecular weight is 423 g/mol. The fraction of sp³-hybridized carbons (Fsp3) is 0.741. The second kappa shape index (κ2) is 9.82. The summed E-state index contributed by atoms with van der Waals surface area (Å²) in [4.78, 5) is 7.80. The molecule has 4 heteroatoms. The molecule has 1 aromatic carbocycles. The molecule has 0 N–H and O–H groups in total. The maximum absolute atomic E-state index is 9.26. The summed E-state index contributed by atoms with van der Waals surface area (Å²) in [6.07, 6.45) is 8.55. The third-order valence-electron chi connectivity index (χ3n) is 8.09. The molecule has 0 bridgehead atoms. The van der Waals surface area contributed by atoms with Gasteiger partial charge in [0.2, 0.25) is 0 Å². The first-order valence-corrected chi connectivity index (χ1v) is 12.7. The minimum Gasteiger partial charge on any atom is -0.371 e. The topological polar surface area (TPSA) is 33.5 Å². The van der Waals surface area contributed by atoms with Gasteiger partial charge in [0.15, 0.2) is 0 Å². The van der Waals surface area contributed by atoms with Crippen LogP contribution in [0.5, 0.6) is 0 Å². The van der Waals surface area contributed by atoms with Crippen LogP contribution in [0, 0.1) is 22.7 Å². The maximum Gasteiger partial charge on any atom is 0.0657 e. The van der Waals surface area contributed by atoms with Gasteiger partial charge < -0.3 is 9.80 Å². The number of hydrogen-bond acceptors (Lipinski definition) is 4. The van der Waals surface area contributed by atoms with Crippen LogP contribution in [0.15, 0.2) is 18.2 Å². The van der Waals surface area contributed by atoms with E-state index in [0.717, 1.165) is 39.0 Å². The summed E-state index contributed by atoms with van der Waals surface area (Å²) in [5.74, 6) is 0.934. The molecule has 0 unspecified atom stereocenters. The SMILES string of the molecule is CCCN1CCN(c2ccc(N3CCC(C#N)CC3)cc2C2CCC(C)(C)CC2)CC1. The number of benzene rings is 1. The number of hydrogen-bond donors (Lipinski definition) is 0. The van der Waals surface area contributed by atoms with Crippen molar-refractivity contribution in [1.82, 2.24) is 4.90 Å². The zero-order valence-corrected chi connectivity index (χ0v) is 20.1. The Bertz CT molecular complexity index is 754. The summed E-state index contributed by atoms with van der Waals surface area (Å²) in [7, 11) is 0. The molecule has 0 atom stereocenters. The van der Waals surface area contributed by atoms with Crippen LogP contribution in [0.25, 0.3) is 0 Å². The third-order valence-corrected chi connectivity index (χ3v) is 8.09. The van der Waals surface area contributed by atoms with E-state index in [-0.39, 0.29) is 5.92 Å². The standard InChI is InChI=1S/C27H42N4/c1-4-13-29-16-18-31(19-17-29)26-6-5-24(30-14-9-22(21-28)10-15-30)20-25(26)23-7-11-27(2,3)12-8-23/h5-6,20,22-23H,4,7-19H2,1-3H3. The average Bonchev–Trinajstić information content (AvgIpc) is 2.80. The van der Waals surface area contributed by atoms with Crippen LogP contribution in [0.3, 0.4) is 0 Å². The van der Waals surface area contributed by atoms with Crippen molar-refractivity contribution < 1.29 is 0 Å². The fourth-order valence-electron chi connectivity index (χ4n) is 5.86. The van der Waals surface area contributed by atoms with E-state index in [1.165, 1.54) is 63.1 Å². The number of nitrogens with zero attached hydrogens (tertiary/aromatic N) is 4. The molecular weight excluding hydrogens is 380 g/mol. The smallest absolute Gasteiger partial charge is 0.0657 e. The third kappa shape index (κ3) is 5.37. The van der Waals surface area contributed by atoms with Gasteiger partial charge in [0.05, 0.1) is 6.07 Å². The molecule has 4 rings (SSSR count). The Morgan fingerprint density at radius 1 is 0.935 bits per heavy atom. The Balaban J connectivity index is 1.55. The Morgan fingerprint density at radius 2 is 1.61 bits per heavy atom. The summed E-state index contributed by atoms with van der Waals surface area (Å²) >= 11 is 0. The van der Waals surface area contributed by atoms with E-state index >= 15 is 0 Å². The van der Waals surface area contributed by atoms with Crippen LogP contribution < -0.4 is 9.80 Å². The van der Waals surface area contributed by atoms with E-state index in [2.05, 4.69) is 59.7 Å². The highest BCUT2D eigenvalue weighted by molar-refractivity contribution is 5.63. The zero-order valence-electron chi connectivity index (χ0n) is 20.1. The molecule has 0 spiro atoms. The lowest BCUT2D eigenvalue weighted by Gasteiger charge is -2.40. The van der Waals surface area contributed by atoms with E-state index in [4.69, 9.17) is 0 Å². The highest BCUT2D eigenvalue weighted by atomic mass is 15.3. The summed E-state index contributed by atoms with van der Waals surface area (Å²) < 4.78 is 0. The quantitative estimate of drug-likeness (QED) is 0.615. The molecule has 3 aliphatic rings. The molecule has 0 amide bonds. The highest BCUT2D eigenvalue weighted by Crippen LogP contribution is 2.46. The lowest BCUT2D eigenvalue weighted by Crippen LogP contribution is -2.47. The van der Waals surface area contributed by atoms with Crippen LogP contribution in [-0.2, 0) is 0 Å². The van der Waals surface area contributed by atoms with Crippen LogP contribution in [0.2, 0.25) is 0 Å². The number of piperazine rings is 1. The minimum atomic E-state index is 0.245. The van der Waals surface area contributed by atoms with Crippen LogP contribution >= 0.6 is 0 Å². The predicted molar refractivity (Wildman–Crippen MR) is 131 cm³/mol. The van der Waals surface area contributed by atoms with Gasteiger partial charge in [-0.05, 0) is 86.6 Å². The van der Waals surface area contributed by atoms with Gasteiger partial charge in [-0.1, -0.05) is 20.8 Å². The van der Waals surface area contributed by atoms with Crippen molar-refractivity contribution >= 4 is 11.4 Å².